The van der Waals surface area contributed by atoms with E-state index in [9.17, 15) is 8.42 Å². The van der Waals surface area contributed by atoms with Crippen LogP contribution in [0.2, 0.25) is 0 Å². The van der Waals surface area contributed by atoms with E-state index < -0.39 is 10.2 Å². The molecule has 19 heavy (non-hydrogen) atoms. The Morgan fingerprint density at radius 1 is 1.47 bits per heavy atom. The van der Waals surface area contributed by atoms with Crippen LogP contribution in [0.1, 0.15) is 24.4 Å². The zero-order chi connectivity index (χ0) is 14.0. The molecule has 0 amide bonds. The van der Waals surface area contributed by atoms with E-state index in [0.29, 0.717) is 6.54 Å². The molecule has 1 N–H and O–H groups in total. The highest BCUT2D eigenvalue weighted by Crippen LogP contribution is 2.35. The maximum absolute atomic E-state index is 12.3. The number of hydrogen-bond acceptors (Lipinski definition) is 4. The smallest absolute Gasteiger partial charge is 0.282 e. The molecule has 1 atom stereocenters. The van der Waals surface area contributed by atoms with Crippen molar-refractivity contribution in [2.24, 2.45) is 0 Å². The summed E-state index contributed by atoms with van der Waals surface area (Å²) < 4.78 is 27.4. The van der Waals surface area contributed by atoms with Crippen LogP contribution in [0.3, 0.4) is 0 Å². The largest absolute Gasteiger partial charge is 0.373 e. The first-order chi connectivity index (χ1) is 8.96. The van der Waals surface area contributed by atoms with Crippen LogP contribution >= 0.6 is 0 Å². The Labute approximate surface area is 114 Å². The third-order valence-electron chi connectivity index (χ3n) is 3.39. The minimum atomic E-state index is -3.37. The lowest BCUT2D eigenvalue weighted by atomic mass is 10.1. The second-order valence-corrected chi connectivity index (χ2v) is 6.88. The second kappa shape index (κ2) is 5.44. The summed E-state index contributed by atoms with van der Waals surface area (Å²) in [6.07, 6.45) is 3.44. The van der Waals surface area contributed by atoms with E-state index in [1.165, 1.54) is 4.31 Å². The van der Waals surface area contributed by atoms with Gasteiger partial charge in [0.15, 0.2) is 0 Å². The molecule has 7 heteroatoms. The summed E-state index contributed by atoms with van der Waals surface area (Å²) in [4.78, 5) is 4.16. The van der Waals surface area contributed by atoms with Gasteiger partial charge in [-0.2, -0.15) is 17.0 Å². The van der Waals surface area contributed by atoms with E-state index in [1.807, 2.05) is 12.1 Å². The van der Waals surface area contributed by atoms with Gasteiger partial charge in [-0.3, -0.25) is 0 Å². The van der Waals surface area contributed by atoms with Crippen molar-refractivity contribution in [3.63, 3.8) is 0 Å². The molecule has 1 aromatic heterocycles. The summed E-state index contributed by atoms with van der Waals surface area (Å²) in [5.74, 6) is 0.756. The molecular weight excluding hydrogens is 264 g/mol. The Balaban J connectivity index is 2.33. The Hall–Kier alpha value is -1.18. The molecule has 1 saturated heterocycles. The van der Waals surface area contributed by atoms with Crippen LogP contribution in [0.25, 0.3) is 0 Å². The van der Waals surface area contributed by atoms with Gasteiger partial charge in [0.1, 0.15) is 5.82 Å². The lowest BCUT2D eigenvalue weighted by molar-refractivity contribution is 0.362. The van der Waals surface area contributed by atoms with Crippen LogP contribution in [0.4, 0.5) is 5.82 Å². The maximum Gasteiger partial charge on any atom is 0.282 e. The van der Waals surface area contributed by atoms with Gasteiger partial charge in [0.2, 0.25) is 0 Å². The van der Waals surface area contributed by atoms with Crippen LogP contribution in [0, 0.1) is 0 Å². The fraction of sp³-hybridized carbons (Fsp3) is 0.583. The first kappa shape index (κ1) is 14.2. The zero-order valence-corrected chi connectivity index (χ0v) is 12.3. The SMILES string of the molecule is CNc1cc([C@H]2CCCN2S(=O)(=O)N(C)C)ccn1. The summed E-state index contributed by atoms with van der Waals surface area (Å²) in [5, 5.41) is 2.98. The quantitative estimate of drug-likeness (QED) is 0.898. The monoisotopic (exact) mass is 284 g/mol. The van der Waals surface area contributed by atoms with Crippen LogP contribution in [0.5, 0.6) is 0 Å². The third kappa shape index (κ3) is 2.72. The number of rotatable bonds is 4. The maximum atomic E-state index is 12.3. The van der Waals surface area contributed by atoms with Gasteiger partial charge in [-0.25, -0.2) is 4.98 Å². The highest BCUT2D eigenvalue weighted by molar-refractivity contribution is 7.86. The minimum Gasteiger partial charge on any atom is -0.373 e. The van der Waals surface area contributed by atoms with Crippen LogP contribution in [-0.4, -0.2) is 49.7 Å². The van der Waals surface area contributed by atoms with Gasteiger partial charge in [0, 0.05) is 33.9 Å². The minimum absolute atomic E-state index is 0.0949. The predicted molar refractivity (Wildman–Crippen MR) is 75.1 cm³/mol. The molecule has 6 nitrogen and oxygen atoms in total. The van der Waals surface area contributed by atoms with E-state index in [0.717, 1.165) is 24.2 Å². The molecule has 0 radical (unpaired) electrons. The Bertz CT molecular complexity index is 544. The zero-order valence-electron chi connectivity index (χ0n) is 11.5. The molecule has 0 bridgehead atoms. The fourth-order valence-electron chi connectivity index (χ4n) is 2.35. The lowest BCUT2D eigenvalue weighted by Gasteiger charge is -2.27. The van der Waals surface area contributed by atoms with Gasteiger partial charge >= 0.3 is 0 Å². The molecule has 1 aliphatic heterocycles. The Kier molecular flexibility index (Phi) is 4.07. The summed E-state index contributed by atoms with van der Waals surface area (Å²) in [6, 6.07) is 3.70. The summed E-state index contributed by atoms with van der Waals surface area (Å²) in [7, 11) is 1.56. The van der Waals surface area contributed by atoms with Gasteiger partial charge in [-0.15, -0.1) is 0 Å². The van der Waals surface area contributed by atoms with Gasteiger partial charge in [0.25, 0.3) is 10.2 Å². The van der Waals surface area contributed by atoms with E-state index in [4.69, 9.17) is 0 Å². The topological polar surface area (TPSA) is 65.5 Å². The number of pyridine rings is 1. The Morgan fingerprint density at radius 2 is 2.21 bits per heavy atom. The molecule has 106 valence electrons. The van der Waals surface area contributed by atoms with Crippen LogP contribution < -0.4 is 5.32 Å². The number of anilines is 1. The first-order valence-electron chi connectivity index (χ1n) is 6.30. The van der Waals surface area contributed by atoms with E-state index in [-0.39, 0.29) is 6.04 Å². The highest BCUT2D eigenvalue weighted by Gasteiger charge is 2.36. The molecule has 1 fully saturated rings. The molecule has 0 spiro atoms. The standard InChI is InChI=1S/C12H20N4O2S/c1-13-12-9-10(6-7-14-12)11-5-4-8-16(11)19(17,18)15(2)3/h6-7,9,11H,4-5,8H2,1-3H3,(H,13,14)/t11-/m1/s1. The van der Waals surface area contributed by atoms with Crippen LogP contribution in [0.15, 0.2) is 18.3 Å². The number of nitrogens with one attached hydrogen (secondary N) is 1. The number of hydrogen-bond donors (Lipinski definition) is 1. The molecule has 0 aromatic carbocycles. The van der Waals surface area contributed by atoms with Gasteiger partial charge in [-0.05, 0) is 30.5 Å². The van der Waals surface area contributed by atoms with Crippen molar-refractivity contribution >= 4 is 16.0 Å². The van der Waals surface area contributed by atoms with Gasteiger partial charge in [-0.1, -0.05) is 0 Å². The van der Waals surface area contributed by atoms with Crippen molar-refractivity contribution in [2.45, 2.75) is 18.9 Å². The molecule has 0 saturated carbocycles. The van der Waals surface area contributed by atoms with Crippen molar-refractivity contribution in [1.29, 1.82) is 0 Å². The molecule has 1 aliphatic rings. The molecule has 2 heterocycles. The van der Waals surface area contributed by atoms with E-state index in [1.54, 1.807) is 31.6 Å². The van der Waals surface area contributed by atoms with Crippen molar-refractivity contribution < 1.29 is 8.42 Å². The second-order valence-electron chi connectivity index (χ2n) is 4.78. The van der Waals surface area contributed by atoms with Crippen molar-refractivity contribution in [2.75, 3.05) is 33.0 Å². The molecular formula is C12H20N4O2S. The average molecular weight is 284 g/mol. The van der Waals surface area contributed by atoms with Gasteiger partial charge in [0.05, 0.1) is 6.04 Å². The highest BCUT2D eigenvalue weighted by atomic mass is 32.2. The number of nitrogens with zero attached hydrogens (tertiary/aromatic N) is 3. The molecule has 0 unspecified atom stereocenters. The Morgan fingerprint density at radius 3 is 2.84 bits per heavy atom. The summed E-state index contributed by atoms with van der Waals surface area (Å²) in [6.45, 7) is 0.572. The van der Waals surface area contributed by atoms with Gasteiger partial charge < -0.3 is 5.32 Å². The fourth-order valence-corrected chi connectivity index (χ4v) is 3.68. The van der Waals surface area contributed by atoms with Crippen molar-refractivity contribution in [3.05, 3.63) is 23.9 Å². The first-order valence-corrected chi connectivity index (χ1v) is 7.69. The van der Waals surface area contributed by atoms with Crippen molar-refractivity contribution in [3.8, 4) is 0 Å². The number of aromatic nitrogens is 1. The summed E-state index contributed by atoms with van der Waals surface area (Å²) >= 11 is 0. The van der Waals surface area contributed by atoms with Crippen molar-refractivity contribution in [1.82, 2.24) is 13.6 Å². The van der Waals surface area contributed by atoms with Crippen LogP contribution in [-0.2, 0) is 10.2 Å². The molecule has 0 aliphatic carbocycles. The molecule has 2 rings (SSSR count). The lowest BCUT2D eigenvalue weighted by Crippen LogP contribution is -2.39. The average Bonchev–Trinajstić information content (AvgIpc) is 2.88. The predicted octanol–water partition coefficient (Wildman–Crippen LogP) is 1.07. The molecule has 1 aromatic rings. The normalized spacial score (nSPS) is 20.9. The third-order valence-corrected chi connectivity index (χ3v) is 5.34. The summed E-state index contributed by atoms with van der Waals surface area (Å²) in [5.41, 5.74) is 0.988. The van der Waals surface area contributed by atoms with E-state index >= 15 is 0 Å². The van der Waals surface area contributed by atoms with E-state index in [2.05, 4.69) is 10.3 Å².